The van der Waals surface area contributed by atoms with E-state index in [0.717, 1.165) is 37.2 Å². The Labute approximate surface area is 208 Å². The Balaban J connectivity index is 1.77. The van der Waals surface area contributed by atoms with Crippen LogP contribution in [0.4, 0.5) is 0 Å². The summed E-state index contributed by atoms with van der Waals surface area (Å²) in [5.41, 5.74) is 0.642. The van der Waals surface area contributed by atoms with Gasteiger partial charge in [0.05, 0.1) is 7.11 Å². The number of esters is 1. The summed E-state index contributed by atoms with van der Waals surface area (Å²) in [6.45, 7) is 7.65. The number of amides is 1. The molecule has 186 valence electrons. The molecule has 3 atom stereocenters. The van der Waals surface area contributed by atoms with Gasteiger partial charge >= 0.3 is 5.97 Å². The van der Waals surface area contributed by atoms with Gasteiger partial charge in [-0.2, -0.15) is 0 Å². The summed E-state index contributed by atoms with van der Waals surface area (Å²) in [5, 5.41) is 0. The first-order valence-corrected chi connectivity index (χ1v) is 12.3. The second kappa shape index (κ2) is 10.2. The molecule has 0 spiro atoms. The SMILES string of the molecule is C=CCN1CC[C@@]2(c3cccc(OC)c3)C[C@H](N(C)C(=O)c3ccccc3)CC[C@]2(OC(C)=O)C1. The van der Waals surface area contributed by atoms with E-state index in [2.05, 4.69) is 23.6 Å². The van der Waals surface area contributed by atoms with Crippen molar-refractivity contribution >= 4 is 11.9 Å². The molecule has 0 aromatic heterocycles. The van der Waals surface area contributed by atoms with E-state index in [1.54, 1.807) is 7.11 Å². The minimum Gasteiger partial charge on any atom is -0.497 e. The van der Waals surface area contributed by atoms with Crippen molar-refractivity contribution in [2.24, 2.45) is 0 Å². The Kier molecular flexibility index (Phi) is 7.31. The standard InChI is InChI=1S/C29H36N2O4/c1-5-17-31-18-16-28(24-12-9-13-26(19-24)34-4)20-25(14-15-29(28,21-31)35-22(2)32)30(3)27(33)23-10-7-6-8-11-23/h5-13,19,25H,1,14-18,20-21H2,2-4H3/t25-,28+,29+/m1/s1. The molecule has 1 saturated heterocycles. The average Bonchev–Trinajstić information content (AvgIpc) is 2.87. The van der Waals surface area contributed by atoms with Crippen LogP contribution in [0.25, 0.3) is 0 Å². The summed E-state index contributed by atoms with van der Waals surface area (Å²) >= 11 is 0. The van der Waals surface area contributed by atoms with Gasteiger partial charge in [0, 0.05) is 44.1 Å². The predicted octanol–water partition coefficient (Wildman–Crippen LogP) is 4.45. The van der Waals surface area contributed by atoms with Crippen LogP contribution >= 0.6 is 0 Å². The topological polar surface area (TPSA) is 59.1 Å². The number of benzene rings is 2. The first kappa shape index (κ1) is 25.0. The number of likely N-dealkylation sites (tertiary alicyclic amines) is 1. The lowest BCUT2D eigenvalue weighted by atomic mass is 9.55. The fourth-order valence-electron chi connectivity index (χ4n) is 6.20. The molecule has 6 nitrogen and oxygen atoms in total. The van der Waals surface area contributed by atoms with Crippen LogP contribution < -0.4 is 4.74 Å². The summed E-state index contributed by atoms with van der Waals surface area (Å²) in [5.74, 6) is 0.517. The van der Waals surface area contributed by atoms with Crippen LogP contribution in [0.5, 0.6) is 5.75 Å². The monoisotopic (exact) mass is 476 g/mol. The van der Waals surface area contributed by atoms with Crippen LogP contribution in [0, 0.1) is 0 Å². The molecule has 2 aliphatic rings. The zero-order valence-corrected chi connectivity index (χ0v) is 21.0. The maximum Gasteiger partial charge on any atom is 0.303 e. The van der Waals surface area contributed by atoms with Crippen LogP contribution in [0.3, 0.4) is 0 Å². The molecule has 6 heteroatoms. The molecule has 4 rings (SSSR count). The second-order valence-electron chi connectivity index (χ2n) is 9.85. The number of hydrogen-bond donors (Lipinski definition) is 0. The molecular weight excluding hydrogens is 440 g/mol. The van der Waals surface area contributed by atoms with E-state index in [1.807, 2.05) is 60.5 Å². The molecule has 0 radical (unpaired) electrons. The van der Waals surface area contributed by atoms with Gasteiger partial charge in [-0.15, -0.1) is 6.58 Å². The van der Waals surface area contributed by atoms with Crippen molar-refractivity contribution in [2.75, 3.05) is 33.8 Å². The average molecular weight is 477 g/mol. The van der Waals surface area contributed by atoms with Gasteiger partial charge in [0.15, 0.2) is 0 Å². The summed E-state index contributed by atoms with van der Waals surface area (Å²) in [6, 6.07) is 17.6. The van der Waals surface area contributed by atoms with Gasteiger partial charge in [0.2, 0.25) is 0 Å². The van der Waals surface area contributed by atoms with Crippen molar-refractivity contribution in [1.29, 1.82) is 0 Å². The van der Waals surface area contributed by atoms with E-state index in [1.165, 1.54) is 6.92 Å². The number of carbonyl (C=O) groups is 2. The first-order chi connectivity index (χ1) is 16.8. The summed E-state index contributed by atoms with van der Waals surface area (Å²) in [4.78, 5) is 30.0. The number of nitrogens with zero attached hydrogens (tertiary/aromatic N) is 2. The van der Waals surface area contributed by atoms with Gasteiger partial charge in [-0.3, -0.25) is 14.5 Å². The van der Waals surface area contributed by atoms with Crippen molar-refractivity contribution in [3.05, 3.63) is 78.4 Å². The zero-order chi connectivity index (χ0) is 25.1. The van der Waals surface area contributed by atoms with E-state index in [4.69, 9.17) is 9.47 Å². The Bertz CT molecular complexity index is 1070. The highest BCUT2D eigenvalue weighted by Crippen LogP contribution is 2.54. The summed E-state index contributed by atoms with van der Waals surface area (Å²) < 4.78 is 11.9. The summed E-state index contributed by atoms with van der Waals surface area (Å²) in [6.07, 6.45) is 4.86. The largest absolute Gasteiger partial charge is 0.497 e. The van der Waals surface area contributed by atoms with Crippen molar-refractivity contribution in [2.45, 2.75) is 49.7 Å². The van der Waals surface area contributed by atoms with E-state index < -0.39 is 11.0 Å². The van der Waals surface area contributed by atoms with Crippen molar-refractivity contribution in [3.63, 3.8) is 0 Å². The van der Waals surface area contributed by atoms with E-state index >= 15 is 0 Å². The third-order valence-electron chi connectivity index (χ3n) is 7.91. The van der Waals surface area contributed by atoms with E-state index in [0.29, 0.717) is 24.9 Å². The van der Waals surface area contributed by atoms with Crippen LogP contribution in [0.1, 0.15) is 48.5 Å². The van der Waals surface area contributed by atoms with Gasteiger partial charge in [-0.1, -0.05) is 36.4 Å². The lowest BCUT2D eigenvalue weighted by Crippen LogP contribution is -2.68. The molecular formula is C29H36N2O4. The van der Waals surface area contributed by atoms with Gasteiger partial charge in [0.1, 0.15) is 11.4 Å². The smallest absolute Gasteiger partial charge is 0.303 e. The Hall–Kier alpha value is -3.12. The number of ether oxygens (including phenoxy) is 2. The highest BCUT2D eigenvalue weighted by atomic mass is 16.6. The van der Waals surface area contributed by atoms with Gasteiger partial charge in [0.25, 0.3) is 5.91 Å². The minimum atomic E-state index is -0.695. The molecule has 1 aliphatic heterocycles. The quantitative estimate of drug-likeness (QED) is 0.437. The highest BCUT2D eigenvalue weighted by molar-refractivity contribution is 5.94. The van der Waals surface area contributed by atoms with Crippen LogP contribution in [0.15, 0.2) is 67.3 Å². The maximum absolute atomic E-state index is 13.3. The van der Waals surface area contributed by atoms with E-state index in [-0.39, 0.29) is 17.9 Å². The Morgan fingerprint density at radius 3 is 2.63 bits per heavy atom. The predicted molar refractivity (Wildman–Crippen MR) is 137 cm³/mol. The van der Waals surface area contributed by atoms with Gasteiger partial charge in [-0.25, -0.2) is 0 Å². The lowest BCUT2D eigenvalue weighted by molar-refractivity contribution is -0.188. The molecule has 0 N–H and O–H groups in total. The number of methoxy groups -OCH3 is 1. The Morgan fingerprint density at radius 1 is 1.17 bits per heavy atom. The number of rotatable bonds is 7. The van der Waals surface area contributed by atoms with Gasteiger partial charge < -0.3 is 14.4 Å². The summed E-state index contributed by atoms with van der Waals surface area (Å²) in [7, 11) is 3.56. The fraction of sp³-hybridized carbons (Fsp3) is 0.448. The van der Waals surface area contributed by atoms with Crippen molar-refractivity contribution in [3.8, 4) is 5.75 Å². The van der Waals surface area contributed by atoms with Crippen LogP contribution in [0.2, 0.25) is 0 Å². The molecule has 2 fully saturated rings. The number of piperidine rings is 1. The van der Waals surface area contributed by atoms with Crippen molar-refractivity contribution in [1.82, 2.24) is 9.80 Å². The number of carbonyl (C=O) groups excluding carboxylic acids is 2. The van der Waals surface area contributed by atoms with Crippen LogP contribution in [-0.4, -0.2) is 67.1 Å². The number of hydrogen-bond acceptors (Lipinski definition) is 5. The third kappa shape index (κ3) is 4.72. The molecule has 0 bridgehead atoms. The molecule has 0 unspecified atom stereocenters. The molecule has 2 aromatic carbocycles. The molecule has 1 saturated carbocycles. The zero-order valence-electron chi connectivity index (χ0n) is 21.0. The molecule has 1 amide bonds. The molecule has 1 heterocycles. The molecule has 35 heavy (non-hydrogen) atoms. The second-order valence-corrected chi connectivity index (χ2v) is 9.85. The molecule has 2 aromatic rings. The normalized spacial score (nSPS) is 26.3. The lowest BCUT2D eigenvalue weighted by Gasteiger charge is -2.60. The maximum atomic E-state index is 13.3. The van der Waals surface area contributed by atoms with Crippen molar-refractivity contribution < 1.29 is 19.1 Å². The van der Waals surface area contributed by atoms with E-state index in [9.17, 15) is 9.59 Å². The number of fused-ring (bicyclic) bond motifs is 1. The Morgan fingerprint density at radius 2 is 1.94 bits per heavy atom. The highest BCUT2D eigenvalue weighted by Gasteiger charge is 2.61. The fourth-order valence-corrected chi connectivity index (χ4v) is 6.20. The molecule has 1 aliphatic carbocycles. The first-order valence-electron chi connectivity index (χ1n) is 12.3. The van der Waals surface area contributed by atoms with Gasteiger partial charge in [-0.05, 0) is 62.1 Å². The third-order valence-corrected chi connectivity index (χ3v) is 7.91. The minimum absolute atomic E-state index is 0.0143. The van der Waals surface area contributed by atoms with Crippen LogP contribution in [-0.2, 0) is 14.9 Å².